The fourth-order valence-electron chi connectivity index (χ4n) is 2.60. The van der Waals surface area contributed by atoms with Gasteiger partial charge in [0.25, 0.3) is 5.91 Å². The predicted octanol–water partition coefficient (Wildman–Crippen LogP) is 3.23. The number of carbonyl (C=O) groups excluding carboxylic acids is 2. The number of amides is 2. The highest BCUT2D eigenvalue weighted by atomic mass is 32.1. The minimum absolute atomic E-state index is 0.0264. The normalized spacial score (nSPS) is 10.0. The second-order valence-corrected chi connectivity index (χ2v) is 6.47. The van der Waals surface area contributed by atoms with Gasteiger partial charge in [0.15, 0.2) is 5.11 Å². The quantitative estimate of drug-likeness (QED) is 0.473. The molecule has 0 fully saturated rings. The van der Waals surface area contributed by atoms with Crippen LogP contribution in [0.2, 0.25) is 0 Å². The van der Waals surface area contributed by atoms with E-state index in [2.05, 4.69) is 16.2 Å². The number of thiocarbonyl (C=S) groups is 1. The molecule has 0 saturated heterocycles. The van der Waals surface area contributed by atoms with Gasteiger partial charge in [-0.25, -0.2) is 0 Å². The summed E-state index contributed by atoms with van der Waals surface area (Å²) < 4.78 is 0. The molecule has 0 aromatic heterocycles. The number of carbonyl (C=O) groups is 2. The minimum atomic E-state index is -0.352. The van der Waals surface area contributed by atoms with Crippen LogP contribution in [-0.2, 0) is 11.2 Å². The Labute approximate surface area is 168 Å². The molecule has 0 atom stereocenters. The summed E-state index contributed by atoms with van der Waals surface area (Å²) in [5, 5.41) is 2.57. The molecule has 0 aliphatic carbocycles. The van der Waals surface area contributed by atoms with Gasteiger partial charge in [-0.2, -0.15) is 0 Å². The molecule has 3 N–H and O–H groups in total. The Morgan fingerprint density at radius 3 is 1.93 bits per heavy atom. The standard InChI is InChI=1S/C22H19N3O2S/c26-20(15-16-7-3-1-4-8-16)24-25-22(28)23-21(27)19-13-11-18(12-14-19)17-9-5-2-6-10-17/h1-14H,15H2,(H,24,26)(H2,23,25,27,28). The average Bonchev–Trinajstić information content (AvgIpc) is 2.74. The molecule has 6 heteroatoms. The zero-order valence-corrected chi connectivity index (χ0v) is 15.8. The lowest BCUT2D eigenvalue weighted by Gasteiger charge is -2.11. The summed E-state index contributed by atoms with van der Waals surface area (Å²) in [4.78, 5) is 24.2. The first kappa shape index (κ1) is 19.3. The molecule has 0 saturated carbocycles. The second kappa shape index (κ2) is 9.43. The molecule has 0 aliphatic rings. The van der Waals surface area contributed by atoms with E-state index in [-0.39, 0.29) is 23.3 Å². The monoisotopic (exact) mass is 389 g/mol. The number of hydrazine groups is 1. The van der Waals surface area contributed by atoms with E-state index in [0.29, 0.717) is 5.56 Å². The van der Waals surface area contributed by atoms with E-state index in [9.17, 15) is 9.59 Å². The molecule has 0 spiro atoms. The number of nitrogens with one attached hydrogen (secondary N) is 3. The van der Waals surface area contributed by atoms with E-state index in [0.717, 1.165) is 16.7 Å². The first-order valence-corrected chi connectivity index (χ1v) is 9.12. The second-order valence-electron chi connectivity index (χ2n) is 6.06. The fraction of sp³-hybridized carbons (Fsp3) is 0.0455. The third-order valence-corrected chi connectivity index (χ3v) is 4.21. The first-order chi connectivity index (χ1) is 13.6. The highest BCUT2D eigenvalue weighted by molar-refractivity contribution is 7.80. The third kappa shape index (κ3) is 5.49. The predicted molar refractivity (Wildman–Crippen MR) is 113 cm³/mol. The zero-order valence-electron chi connectivity index (χ0n) is 15.0. The lowest BCUT2D eigenvalue weighted by Crippen LogP contribution is -2.48. The molecule has 28 heavy (non-hydrogen) atoms. The minimum Gasteiger partial charge on any atom is -0.298 e. The maximum Gasteiger partial charge on any atom is 0.257 e. The molecule has 140 valence electrons. The molecule has 0 unspecified atom stereocenters. The Morgan fingerprint density at radius 1 is 0.714 bits per heavy atom. The van der Waals surface area contributed by atoms with Gasteiger partial charge in [-0.15, -0.1) is 0 Å². The van der Waals surface area contributed by atoms with Gasteiger partial charge in [0.2, 0.25) is 5.91 Å². The first-order valence-electron chi connectivity index (χ1n) is 8.71. The highest BCUT2D eigenvalue weighted by Crippen LogP contribution is 2.19. The molecule has 0 aliphatic heterocycles. The van der Waals surface area contributed by atoms with E-state index in [1.165, 1.54) is 0 Å². The Hall–Kier alpha value is -3.51. The van der Waals surface area contributed by atoms with Crippen LogP contribution in [0.3, 0.4) is 0 Å². The Kier molecular flexibility index (Phi) is 6.49. The molecule has 3 aromatic carbocycles. The maximum absolute atomic E-state index is 12.3. The molecule has 3 rings (SSSR count). The van der Waals surface area contributed by atoms with E-state index < -0.39 is 0 Å². The molecule has 5 nitrogen and oxygen atoms in total. The third-order valence-electron chi connectivity index (χ3n) is 4.00. The fourth-order valence-corrected chi connectivity index (χ4v) is 2.75. The van der Waals surface area contributed by atoms with Crippen LogP contribution in [0.25, 0.3) is 11.1 Å². The van der Waals surface area contributed by atoms with E-state index in [1.54, 1.807) is 12.1 Å². The van der Waals surface area contributed by atoms with Crippen LogP contribution in [0.5, 0.6) is 0 Å². The number of rotatable bonds is 4. The largest absolute Gasteiger partial charge is 0.298 e. The summed E-state index contributed by atoms with van der Waals surface area (Å²) >= 11 is 5.06. The van der Waals surface area contributed by atoms with Gasteiger partial charge in [0, 0.05) is 5.56 Å². The molecule has 2 amide bonds. The summed E-state index contributed by atoms with van der Waals surface area (Å²) in [6, 6.07) is 26.4. The van der Waals surface area contributed by atoms with Crippen molar-refractivity contribution in [3.63, 3.8) is 0 Å². The van der Waals surface area contributed by atoms with Gasteiger partial charge >= 0.3 is 0 Å². The van der Waals surface area contributed by atoms with Gasteiger partial charge in [-0.05, 0) is 41.0 Å². The Morgan fingerprint density at radius 2 is 1.29 bits per heavy atom. The van der Waals surface area contributed by atoms with Crippen LogP contribution in [0.4, 0.5) is 0 Å². The van der Waals surface area contributed by atoms with Gasteiger partial charge in [-0.3, -0.25) is 25.8 Å². The molecule has 0 heterocycles. The van der Waals surface area contributed by atoms with Crippen molar-refractivity contribution in [2.45, 2.75) is 6.42 Å². The van der Waals surface area contributed by atoms with Gasteiger partial charge in [0.1, 0.15) is 0 Å². The summed E-state index contributed by atoms with van der Waals surface area (Å²) in [7, 11) is 0. The van der Waals surface area contributed by atoms with Crippen LogP contribution in [0.15, 0.2) is 84.9 Å². The lowest BCUT2D eigenvalue weighted by atomic mass is 10.0. The van der Waals surface area contributed by atoms with Crippen LogP contribution in [-0.4, -0.2) is 16.9 Å². The SMILES string of the molecule is O=C(Cc1ccccc1)NNC(=S)NC(=O)c1ccc(-c2ccccc2)cc1. The van der Waals surface area contributed by atoms with Crippen molar-refractivity contribution >= 4 is 29.1 Å². The molecule has 0 radical (unpaired) electrons. The van der Waals surface area contributed by atoms with E-state index in [1.807, 2.05) is 72.8 Å². The van der Waals surface area contributed by atoms with Crippen LogP contribution >= 0.6 is 12.2 Å². The molecule has 3 aromatic rings. The lowest BCUT2D eigenvalue weighted by molar-refractivity contribution is -0.121. The van der Waals surface area contributed by atoms with Gasteiger partial charge < -0.3 is 0 Å². The summed E-state index contributed by atoms with van der Waals surface area (Å²) in [6.45, 7) is 0. The summed E-state index contributed by atoms with van der Waals surface area (Å²) in [6.07, 6.45) is 0.214. The summed E-state index contributed by atoms with van der Waals surface area (Å²) in [5.41, 5.74) is 8.47. The van der Waals surface area contributed by atoms with Crippen molar-refractivity contribution in [2.75, 3.05) is 0 Å². The van der Waals surface area contributed by atoms with Crippen molar-refractivity contribution in [2.24, 2.45) is 0 Å². The van der Waals surface area contributed by atoms with Crippen molar-refractivity contribution in [1.82, 2.24) is 16.2 Å². The zero-order chi connectivity index (χ0) is 19.8. The van der Waals surface area contributed by atoms with Crippen LogP contribution < -0.4 is 16.2 Å². The number of hydrogen-bond acceptors (Lipinski definition) is 3. The Bertz CT molecular complexity index is 958. The smallest absolute Gasteiger partial charge is 0.257 e. The number of benzene rings is 3. The molecular weight excluding hydrogens is 370 g/mol. The summed E-state index contributed by atoms with van der Waals surface area (Å²) in [5.74, 6) is -0.607. The van der Waals surface area contributed by atoms with Gasteiger partial charge in [0.05, 0.1) is 6.42 Å². The molecule has 0 bridgehead atoms. The van der Waals surface area contributed by atoms with Crippen LogP contribution in [0, 0.1) is 0 Å². The van der Waals surface area contributed by atoms with E-state index >= 15 is 0 Å². The topological polar surface area (TPSA) is 70.2 Å². The van der Waals surface area contributed by atoms with E-state index in [4.69, 9.17) is 12.2 Å². The average molecular weight is 389 g/mol. The highest BCUT2D eigenvalue weighted by Gasteiger charge is 2.09. The van der Waals surface area contributed by atoms with Gasteiger partial charge in [-0.1, -0.05) is 72.8 Å². The Balaban J connectivity index is 1.48. The van der Waals surface area contributed by atoms with Crippen molar-refractivity contribution in [3.05, 3.63) is 96.1 Å². The van der Waals surface area contributed by atoms with Crippen molar-refractivity contribution in [1.29, 1.82) is 0 Å². The maximum atomic E-state index is 12.3. The van der Waals surface area contributed by atoms with Crippen molar-refractivity contribution < 1.29 is 9.59 Å². The molecular formula is C22H19N3O2S. The van der Waals surface area contributed by atoms with Crippen molar-refractivity contribution in [3.8, 4) is 11.1 Å². The number of hydrogen-bond donors (Lipinski definition) is 3. The van der Waals surface area contributed by atoms with Crippen LogP contribution in [0.1, 0.15) is 15.9 Å².